The molecule has 0 aromatic carbocycles. The van der Waals surface area contributed by atoms with E-state index < -0.39 is 0 Å². The predicted octanol–water partition coefficient (Wildman–Crippen LogP) is 0.517. The number of hydrogen-bond acceptors (Lipinski definition) is 6. The molecule has 0 radical (unpaired) electrons. The maximum absolute atomic E-state index is 5.70. The van der Waals surface area contributed by atoms with Crippen LogP contribution in [0.15, 0.2) is 23.1 Å². The zero-order chi connectivity index (χ0) is 11.0. The molecule has 0 atom stereocenters. The number of nitrogens with zero attached hydrogens (tertiary/aromatic N) is 4. The molecule has 2 aromatic rings. The highest BCUT2D eigenvalue weighted by atomic mass is 16.5. The second-order valence-electron chi connectivity index (χ2n) is 4.00. The van der Waals surface area contributed by atoms with Crippen LogP contribution in [0.2, 0.25) is 0 Å². The van der Waals surface area contributed by atoms with Gasteiger partial charge < -0.3 is 10.3 Å². The van der Waals surface area contributed by atoms with Crippen molar-refractivity contribution in [3.05, 3.63) is 24.5 Å². The second-order valence-corrected chi connectivity index (χ2v) is 4.00. The maximum Gasteiger partial charge on any atom is 0.234 e. The van der Waals surface area contributed by atoms with Gasteiger partial charge in [0.05, 0.1) is 5.41 Å². The van der Waals surface area contributed by atoms with E-state index in [1.807, 2.05) is 0 Å². The van der Waals surface area contributed by atoms with Crippen molar-refractivity contribution in [3.8, 4) is 11.5 Å². The fourth-order valence-electron chi connectivity index (χ4n) is 1.62. The zero-order valence-corrected chi connectivity index (χ0v) is 8.63. The summed E-state index contributed by atoms with van der Waals surface area (Å²) in [7, 11) is 0. The van der Waals surface area contributed by atoms with Gasteiger partial charge in [-0.2, -0.15) is 4.98 Å². The average Bonchev–Trinajstić information content (AvgIpc) is 3.00. The van der Waals surface area contributed by atoms with Gasteiger partial charge in [-0.05, 0) is 18.9 Å². The van der Waals surface area contributed by atoms with Gasteiger partial charge in [0.2, 0.25) is 11.7 Å². The van der Waals surface area contributed by atoms with Crippen LogP contribution < -0.4 is 5.73 Å². The molecule has 0 spiro atoms. The lowest BCUT2D eigenvalue weighted by molar-refractivity contribution is 0.347. The van der Waals surface area contributed by atoms with Crippen LogP contribution in [0.3, 0.4) is 0 Å². The van der Waals surface area contributed by atoms with Crippen molar-refractivity contribution < 1.29 is 4.52 Å². The van der Waals surface area contributed by atoms with Crippen molar-refractivity contribution in [2.45, 2.75) is 18.3 Å². The normalized spacial score (nSPS) is 17.3. The molecule has 0 unspecified atom stereocenters. The van der Waals surface area contributed by atoms with Crippen LogP contribution in [0, 0.1) is 0 Å². The summed E-state index contributed by atoms with van der Waals surface area (Å²) in [5.41, 5.74) is 6.29. The Morgan fingerprint density at radius 2 is 2.31 bits per heavy atom. The summed E-state index contributed by atoms with van der Waals surface area (Å²) in [6.45, 7) is 0.554. The molecule has 3 rings (SSSR count). The fraction of sp³-hybridized carbons (Fsp3) is 0.400. The van der Waals surface area contributed by atoms with Gasteiger partial charge in [0.15, 0.2) is 0 Å². The van der Waals surface area contributed by atoms with E-state index in [0.29, 0.717) is 24.0 Å². The second kappa shape index (κ2) is 3.34. The third-order valence-corrected chi connectivity index (χ3v) is 2.94. The summed E-state index contributed by atoms with van der Waals surface area (Å²) in [5, 5.41) is 3.91. The van der Waals surface area contributed by atoms with Crippen molar-refractivity contribution in [1.29, 1.82) is 0 Å². The molecule has 0 saturated heterocycles. The minimum absolute atomic E-state index is 0.0712. The monoisotopic (exact) mass is 217 g/mol. The molecule has 82 valence electrons. The van der Waals surface area contributed by atoms with Crippen LogP contribution in [0.1, 0.15) is 18.7 Å². The minimum Gasteiger partial charge on any atom is -0.338 e. The molecule has 1 fully saturated rings. The number of hydrogen-bond donors (Lipinski definition) is 1. The smallest absolute Gasteiger partial charge is 0.234 e. The maximum atomic E-state index is 5.70. The lowest BCUT2D eigenvalue weighted by Crippen LogP contribution is -2.19. The fourth-order valence-corrected chi connectivity index (χ4v) is 1.62. The summed E-state index contributed by atoms with van der Waals surface area (Å²) in [5.74, 6) is 1.13. The van der Waals surface area contributed by atoms with Crippen LogP contribution in [0.25, 0.3) is 11.5 Å². The van der Waals surface area contributed by atoms with Crippen LogP contribution in [0.4, 0.5) is 0 Å². The van der Waals surface area contributed by atoms with Gasteiger partial charge in [-0.3, -0.25) is 0 Å². The van der Waals surface area contributed by atoms with E-state index in [2.05, 4.69) is 20.1 Å². The summed E-state index contributed by atoms with van der Waals surface area (Å²) >= 11 is 0. The molecule has 2 heterocycles. The van der Waals surface area contributed by atoms with Gasteiger partial charge in [-0.15, -0.1) is 0 Å². The van der Waals surface area contributed by atoms with Gasteiger partial charge in [0, 0.05) is 12.7 Å². The average molecular weight is 217 g/mol. The van der Waals surface area contributed by atoms with Crippen LogP contribution in [-0.4, -0.2) is 26.7 Å². The van der Waals surface area contributed by atoms with Gasteiger partial charge >= 0.3 is 0 Å². The zero-order valence-electron chi connectivity index (χ0n) is 8.63. The number of rotatable bonds is 3. The van der Waals surface area contributed by atoms with Crippen molar-refractivity contribution in [2.75, 3.05) is 6.54 Å². The molecule has 0 aliphatic heterocycles. The van der Waals surface area contributed by atoms with Gasteiger partial charge in [-0.25, -0.2) is 9.97 Å². The largest absolute Gasteiger partial charge is 0.338 e. The summed E-state index contributed by atoms with van der Waals surface area (Å²) in [6, 6.07) is 1.75. The van der Waals surface area contributed by atoms with Crippen LogP contribution >= 0.6 is 0 Å². The van der Waals surface area contributed by atoms with Gasteiger partial charge in [0.25, 0.3) is 0 Å². The first-order valence-corrected chi connectivity index (χ1v) is 5.15. The van der Waals surface area contributed by atoms with Crippen LogP contribution in [-0.2, 0) is 5.41 Å². The quantitative estimate of drug-likeness (QED) is 0.805. The Hall–Kier alpha value is -1.82. The molecule has 2 N–H and O–H groups in total. The first kappa shape index (κ1) is 9.41. The molecule has 16 heavy (non-hydrogen) atoms. The highest BCUT2D eigenvalue weighted by Gasteiger charge is 2.48. The first-order valence-electron chi connectivity index (χ1n) is 5.15. The standard InChI is InChI=1S/C10H11N5O/c11-5-10(2-3-10)9-14-8(15-16-9)7-1-4-12-6-13-7/h1,4,6H,2-3,5,11H2. The highest BCUT2D eigenvalue weighted by Crippen LogP contribution is 2.46. The first-order chi connectivity index (χ1) is 7.84. The minimum atomic E-state index is -0.0712. The van der Waals surface area contributed by atoms with Crippen LogP contribution in [0.5, 0.6) is 0 Å². The molecular weight excluding hydrogens is 206 g/mol. The van der Waals surface area contributed by atoms with E-state index in [4.69, 9.17) is 10.3 Å². The molecule has 6 heteroatoms. The van der Waals surface area contributed by atoms with Gasteiger partial charge in [-0.1, -0.05) is 5.16 Å². The third kappa shape index (κ3) is 1.38. The number of nitrogens with two attached hydrogens (primary N) is 1. The summed E-state index contributed by atoms with van der Waals surface area (Å²) < 4.78 is 5.24. The Kier molecular flexibility index (Phi) is 1.97. The molecule has 2 aromatic heterocycles. The topological polar surface area (TPSA) is 90.7 Å². The Balaban J connectivity index is 1.94. The molecule has 1 aliphatic carbocycles. The third-order valence-electron chi connectivity index (χ3n) is 2.94. The SMILES string of the molecule is NCC1(c2nc(-c3ccncn3)no2)CC1. The van der Waals surface area contributed by atoms with Crippen molar-refractivity contribution in [1.82, 2.24) is 20.1 Å². The molecule has 1 saturated carbocycles. The summed E-state index contributed by atoms with van der Waals surface area (Å²) in [6.07, 6.45) is 5.15. The van der Waals surface area contributed by atoms with E-state index in [9.17, 15) is 0 Å². The van der Waals surface area contributed by atoms with E-state index in [0.717, 1.165) is 12.8 Å². The predicted molar refractivity (Wildman–Crippen MR) is 55.3 cm³/mol. The number of aromatic nitrogens is 4. The van der Waals surface area contributed by atoms with E-state index >= 15 is 0 Å². The van der Waals surface area contributed by atoms with E-state index in [-0.39, 0.29) is 5.41 Å². The Morgan fingerprint density at radius 3 is 2.94 bits per heavy atom. The van der Waals surface area contributed by atoms with E-state index in [1.54, 1.807) is 12.3 Å². The Morgan fingerprint density at radius 1 is 1.44 bits per heavy atom. The van der Waals surface area contributed by atoms with Crippen molar-refractivity contribution >= 4 is 0 Å². The molecule has 6 nitrogen and oxygen atoms in total. The lowest BCUT2D eigenvalue weighted by atomic mass is 10.1. The molecular formula is C10H11N5O. The van der Waals surface area contributed by atoms with Gasteiger partial charge in [0.1, 0.15) is 12.0 Å². The molecule has 0 amide bonds. The lowest BCUT2D eigenvalue weighted by Gasteiger charge is -2.03. The molecule has 0 bridgehead atoms. The van der Waals surface area contributed by atoms with Crippen molar-refractivity contribution in [3.63, 3.8) is 0 Å². The summed E-state index contributed by atoms with van der Waals surface area (Å²) in [4.78, 5) is 12.2. The Labute approximate surface area is 91.9 Å². The Bertz CT molecular complexity index is 491. The van der Waals surface area contributed by atoms with Crippen molar-refractivity contribution in [2.24, 2.45) is 5.73 Å². The highest BCUT2D eigenvalue weighted by molar-refractivity contribution is 5.46. The molecule has 1 aliphatic rings. The van der Waals surface area contributed by atoms with E-state index in [1.165, 1.54) is 6.33 Å².